The molecule has 0 radical (unpaired) electrons. The minimum atomic E-state index is -0.304. The summed E-state index contributed by atoms with van der Waals surface area (Å²) < 4.78 is 6.17. The van der Waals surface area contributed by atoms with Crippen molar-refractivity contribution in [3.05, 3.63) is 44.7 Å². The van der Waals surface area contributed by atoms with E-state index in [1.54, 1.807) is 6.07 Å². The zero-order valence-electron chi connectivity index (χ0n) is 11.7. The SMILES string of the molecule is O=c1cc(CN2CCC(CCO)C2)c2ccc(Br)cc2o1. The van der Waals surface area contributed by atoms with Crippen LogP contribution < -0.4 is 5.63 Å². The van der Waals surface area contributed by atoms with E-state index in [1.165, 1.54) is 0 Å². The first-order chi connectivity index (χ1) is 10.2. The fourth-order valence-corrected chi connectivity index (χ4v) is 3.39. The summed E-state index contributed by atoms with van der Waals surface area (Å²) in [4.78, 5) is 14.1. The Morgan fingerprint density at radius 3 is 3.05 bits per heavy atom. The van der Waals surface area contributed by atoms with E-state index in [9.17, 15) is 4.79 Å². The van der Waals surface area contributed by atoms with Crippen LogP contribution in [0.1, 0.15) is 18.4 Å². The number of aliphatic hydroxyl groups excluding tert-OH is 1. The average Bonchev–Trinajstić information content (AvgIpc) is 2.85. The first kappa shape index (κ1) is 14.8. The van der Waals surface area contributed by atoms with E-state index in [4.69, 9.17) is 9.52 Å². The number of hydrogen-bond donors (Lipinski definition) is 1. The molecule has 1 fully saturated rings. The van der Waals surface area contributed by atoms with Gasteiger partial charge in [0.1, 0.15) is 5.58 Å². The lowest BCUT2D eigenvalue weighted by molar-refractivity contribution is 0.249. The van der Waals surface area contributed by atoms with Crippen molar-refractivity contribution >= 4 is 26.9 Å². The van der Waals surface area contributed by atoms with Crippen molar-refractivity contribution in [1.29, 1.82) is 0 Å². The molecule has 1 N–H and O–H groups in total. The van der Waals surface area contributed by atoms with Gasteiger partial charge in [-0.05, 0) is 49.1 Å². The minimum Gasteiger partial charge on any atom is -0.423 e. The Morgan fingerprint density at radius 1 is 1.38 bits per heavy atom. The number of nitrogens with zero attached hydrogens (tertiary/aromatic N) is 1. The molecule has 0 saturated carbocycles. The monoisotopic (exact) mass is 351 g/mol. The number of aliphatic hydroxyl groups is 1. The molecule has 21 heavy (non-hydrogen) atoms. The summed E-state index contributed by atoms with van der Waals surface area (Å²) in [6.07, 6.45) is 1.98. The second-order valence-electron chi connectivity index (χ2n) is 5.63. The lowest BCUT2D eigenvalue weighted by atomic mass is 10.1. The van der Waals surface area contributed by atoms with Crippen molar-refractivity contribution in [3.63, 3.8) is 0 Å². The number of rotatable bonds is 4. The first-order valence-electron chi connectivity index (χ1n) is 7.21. The molecule has 5 heteroatoms. The summed E-state index contributed by atoms with van der Waals surface area (Å²) >= 11 is 3.40. The maximum atomic E-state index is 11.7. The Balaban J connectivity index is 1.85. The van der Waals surface area contributed by atoms with Gasteiger partial charge in [0.15, 0.2) is 0 Å². The number of hydrogen-bond acceptors (Lipinski definition) is 4. The van der Waals surface area contributed by atoms with Gasteiger partial charge in [0.05, 0.1) is 0 Å². The zero-order chi connectivity index (χ0) is 14.8. The number of fused-ring (bicyclic) bond motifs is 1. The Hall–Kier alpha value is -1.17. The van der Waals surface area contributed by atoms with Crippen LogP contribution >= 0.6 is 15.9 Å². The summed E-state index contributed by atoms with van der Waals surface area (Å²) in [6, 6.07) is 7.37. The van der Waals surface area contributed by atoms with Crippen LogP contribution in [0.15, 0.2) is 37.9 Å². The third-order valence-corrected chi connectivity index (χ3v) is 4.59. The molecule has 1 aliphatic rings. The van der Waals surface area contributed by atoms with Gasteiger partial charge in [-0.2, -0.15) is 0 Å². The largest absolute Gasteiger partial charge is 0.423 e. The van der Waals surface area contributed by atoms with E-state index in [-0.39, 0.29) is 12.2 Å². The fraction of sp³-hybridized carbons (Fsp3) is 0.438. The van der Waals surface area contributed by atoms with Crippen molar-refractivity contribution in [1.82, 2.24) is 4.90 Å². The molecule has 1 aliphatic heterocycles. The molecule has 2 heterocycles. The van der Waals surface area contributed by atoms with E-state index in [1.807, 2.05) is 18.2 Å². The highest BCUT2D eigenvalue weighted by molar-refractivity contribution is 9.10. The molecular weight excluding hydrogens is 334 g/mol. The van der Waals surface area contributed by atoms with Gasteiger partial charge in [0.25, 0.3) is 0 Å². The van der Waals surface area contributed by atoms with E-state index in [0.29, 0.717) is 11.5 Å². The Morgan fingerprint density at radius 2 is 2.24 bits per heavy atom. The Bertz CT molecular complexity index is 697. The summed E-state index contributed by atoms with van der Waals surface area (Å²) in [7, 11) is 0. The van der Waals surface area contributed by atoms with Crippen molar-refractivity contribution < 1.29 is 9.52 Å². The maximum absolute atomic E-state index is 11.7. The molecule has 1 aromatic heterocycles. The van der Waals surface area contributed by atoms with Crippen molar-refractivity contribution in [3.8, 4) is 0 Å². The zero-order valence-corrected chi connectivity index (χ0v) is 13.3. The predicted octanol–water partition coefficient (Wildman–Crippen LogP) is 2.76. The average molecular weight is 352 g/mol. The highest BCUT2D eigenvalue weighted by Gasteiger charge is 2.22. The summed E-state index contributed by atoms with van der Waals surface area (Å²) in [5.41, 5.74) is 1.33. The summed E-state index contributed by atoms with van der Waals surface area (Å²) in [6.45, 7) is 3.01. The fourth-order valence-electron chi connectivity index (χ4n) is 3.05. The molecule has 1 unspecified atom stereocenters. The molecule has 1 aromatic carbocycles. The maximum Gasteiger partial charge on any atom is 0.336 e. The molecule has 112 valence electrons. The van der Waals surface area contributed by atoms with Gasteiger partial charge >= 0.3 is 5.63 Å². The van der Waals surface area contributed by atoms with E-state index in [0.717, 1.165) is 47.9 Å². The lowest BCUT2D eigenvalue weighted by Crippen LogP contribution is -2.21. The van der Waals surface area contributed by atoms with Crippen LogP contribution in [0.2, 0.25) is 0 Å². The van der Waals surface area contributed by atoms with Crippen LogP contribution in [0.5, 0.6) is 0 Å². The summed E-state index contributed by atoms with van der Waals surface area (Å²) in [5, 5.41) is 10.0. The smallest absolute Gasteiger partial charge is 0.336 e. The van der Waals surface area contributed by atoms with Gasteiger partial charge in [-0.15, -0.1) is 0 Å². The lowest BCUT2D eigenvalue weighted by Gasteiger charge is -2.16. The van der Waals surface area contributed by atoms with Gasteiger partial charge < -0.3 is 9.52 Å². The van der Waals surface area contributed by atoms with Crippen LogP contribution in [0.4, 0.5) is 0 Å². The molecule has 0 aliphatic carbocycles. The highest BCUT2D eigenvalue weighted by Crippen LogP contribution is 2.25. The molecule has 0 bridgehead atoms. The Labute approximate surface area is 131 Å². The second kappa shape index (κ2) is 6.30. The van der Waals surface area contributed by atoms with Gasteiger partial charge in [0.2, 0.25) is 0 Å². The molecule has 1 atom stereocenters. The van der Waals surface area contributed by atoms with Crippen LogP contribution in [-0.4, -0.2) is 29.7 Å². The van der Waals surface area contributed by atoms with Crippen LogP contribution in [0.25, 0.3) is 11.0 Å². The normalized spacial score (nSPS) is 19.4. The van der Waals surface area contributed by atoms with Crippen LogP contribution in [0.3, 0.4) is 0 Å². The van der Waals surface area contributed by atoms with Crippen molar-refractivity contribution in [2.75, 3.05) is 19.7 Å². The molecule has 4 nitrogen and oxygen atoms in total. The minimum absolute atomic E-state index is 0.254. The molecule has 0 spiro atoms. The topological polar surface area (TPSA) is 53.7 Å². The number of halogens is 1. The van der Waals surface area contributed by atoms with Gasteiger partial charge in [-0.25, -0.2) is 4.79 Å². The molecule has 1 saturated heterocycles. The van der Waals surface area contributed by atoms with Crippen LogP contribution in [-0.2, 0) is 6.54 Å². The number of likely N-dealkylation sites (tertiary alicyclic amines) is 1. The summed E-state index contributed by atoms with van der Waals surface area (Å²) in [5.74, 6) is 0.565. The second-order valence-corrected chi connectivity index (χ2v) is 6.55. The molecule has 3 rings (SSSR count). The van der Waals surface area contributed by atoms with Crippen LogP contribution in [0, 0.1) is 5.92 Å². The van der Waals surface area contributed by atoms with E-state index in [2.05, 4.69) is 20.8 Å². The van der Waals surface area contributed by atoms with Crippen molar-refractivity contribution in [2.45, 2.75) is 19.4 Å². The third kappa shape index (κ3) is 3.36. The highest BCUT2D eigenvalue weighted by atomic mass is 79.9. The molecule has 0 amide bonds. The number of benzene rings is 1. The van der Waals surface area contributed by atoms with E-state index >= 15 is 0 Å². The van der Waals surface area contributed by atoms with Gasteiger partial charge in [-0.3, -0.25) is 4.90 Å². The Kier molecular flexibility index (Phi) is 4.42. The van der Waals surface area contributed by atoms with Gasteiger partial charge in [0, 0.05) is 35.6 Å². The van der Waals surface area contributed by atoms with E-state index < -0.39 is 0 Å². The quantitative estimate of drug-likeness (QED) is 0.860. The molecule has 2 aromatic rings. The molecular formula is C16H18BrNO3. The predicted molar refractivity (Wildman–Crippen MR) is 85.3 cm³/mol. The van der Waals surface area contributed by atoms with Crippen molar-refractivity contribution in [2.24, 2.45) is 5.92 Å². The standard InChI is InChI=1S/C16H18BrNO3/c17-13-1-2-14-12(7-16(20)21-15(14)8-13)10-18-5-3-11(9-18)4-6-19/h1-2,7-8,11,19H,3-6,9-10H2. The van der Waals surface area contributed by atoms with Gasteiger partial charge in [-0.1, -0.05) is 15.9 Å². The third-order valence-electron chi connectivity index (χ3n) is 4.09. The first-order valence-corrected chi connectivity index (χ1v) is 8.00.